The molecular formula is C49H52N10O5. The summed E-state index contributed by atoms with van der Waals surface area (Å²) in [5.41, 5.74) is 10.7. The number of likely N-dealkylation sites (tertiary alicyclic amines) is 2. The first kappa shape index (κ1) is 39.4. The molecule has 4 saturated heterocycles. The minimum Gasteiger partial charge on any atom is -0.457 e. The van der Waals surface area contributed by atoms with Gasteiger partial charge in [0.15, 0.2) is 5.65 Å². The molecule has 5 aromatic rings. The second kappa shape index (κ2) is 15.5. The molecule has 7 aliphatic rings. The smallest absolute Gasteiger partial charge is 0.262 e. The molecule has 328 valence electrons. The number of nitrogens with one attached hydrogen (secondary N) is 1. The molecule has 5 aliphatic heterocycles. The van der Waals surface area contributed by atoms with E-state index in [9.17, 15) is 19.2 Å². The zero-order valence-corrected chi connectivity index (χ0v) is 35.7. The van der Waals surface area contributed by atoms with Gasteiger partial charge in [0, 0.05) is 69.0 Å². The molecule has 3 N–H and O–H groups in total. The van der Waals surface area contributed by atoms with Crippen molar-refractivity contribution >= 4 is 46.2 Å². The first-order valence-corrected chi connectivity index (χ1v) is 23.1. The van der Waals surface area contributed by atoms with Gasteiger partial charge in [-0.2, -0.15) is 5.10 Å². The number of benzene rings is 3. The van der Waals surface area contributed by atoms with Crippen LogP contribution >= 0.6 is 0 Å². The van der Waals surface area contributed by atoms with Gasteiger partial charge in [0.1, 0.15) is 35.4 Å². The van der Waals surface area contributed by atoms with Gasteiger partial charge >= 0.3 is 0 Å². The monoisotopic (exact) mass is 860 g/mol. The lowest BCUT2D eigenvalue weighted by molar-refractivity contribution is -0.136. The molecule has 4 amide bonds. The van der Waals surface area contributed by atoms with Crippen LogP contribution in [0, 0.1) is 23.7 Å². The number of nitrogen functional groups attached to an aromatic ring is 1. The van der Waals surface area contributed by atoms with Gasteiger partial charge in [0.2, 0.25) is 11.8 Å². The molecule has 3 unspecified atom stereocenters. The SMILES string of the molecule is Nc1ncnc2c1c(-c1ccc(Oc3ccccc3)cc1)nn2C1CCN(C2C[C@@H]3CN(C4C[C@@H]5CN(c6ccc7c(c6)C(=O)N(C6CCC(=O)NC6=O)C7=O)C[C@@H]5C4)C[C@@H]3C2)CC1. The first-order valence-electron chi connectivity index (χ1n) is 23.1. The van der Waals surface area contributed by atoms with Crippen LogP contribution < -0.4 is 20.7 Å². The van der Waals surface area contributed by atoms with E-state index in [1.807, 2.05) is 66.7 Å². The number of carbonyl (C=O) groups excluding carboxylic acids is 4. The second-order valence-electron chi connectivity index (χ2n) is 19.3. The van der Waals surface area contributed by atoms with Gasteiger partial charge in [-0.15, -0.1) is 0 Å². The first-order chi connectivity index (χ1) is 31.2. The van der Waals surface area contributed by atoms with Crippen molar-refractivity contribution in [1.82, 2.24) is 39.8 Å². The van der Waals surface area contributed by atoms with Gasteiger partial charge in [-0.3, -0.25) is 34.3 Å². The predicted molar refractivity (Wildman–Crippen MR) is 238 cm³/mol. The lowest BCUT2D eigenvalue weighted by atomic mass is 10.0. The topological polar surface area (TPSA) is 172 Å². The Morgan fingerprint density at radius 2 is 1.33 bits per heavy atom. The molecule has 0 bridgehead atoms. The molecule has 6 fully saturated rings. The third kappa shape index (κ3) is 6.73. The van der Waals surface area contributed by atoms with Crippen molar-refractivity contribution < 1.29 is 23.9 Å². The number of para-hydroxylation sites is 1. The van der Waals surface area contributed by atoms with Crippen LogP contribution in [0.2, 0.25) is 0 Å². The fraction of sp³-hybridized carbons (Fsp3) is 0.449. The molecule has 2 aliphatic carbocycles. The minimum absolute atomic E-state index is 0.109. The van der Waals surface area contributed by atoms with Crippen molar-refractivity contribution in [3.05, 3.63) is 90.3 Å². The highest BCUT2D eigenvalue weighted by Crippen LogP contribution is 2.48. The summed E-state index contributed by atoms with van der Waals surface area (Å²) in [5.74, 6) is 2.85. The average Bonchev–Trinajstić information content (AvgIpc) is 4.16. The maximum atomic E-state index is 13.5. The maximum Gasteiger partial charge on any atom is 0.262 e. The van der Waals surface area contributed by atoms with Crippen LogP contribution in [0.15, 0.2) is 79.1 Å². The van der Waals surface area contributed by atoms with Crippen molar-refractivity contribution in [2.45, 2.75) is 75.5 Å². The summed E-state index contributed by atoms with van der Waals surface area (Å²) in [6.07, 6.45) is 8.82. The van der Waals surface area contributed by atoms with Crippen molar-refractivity contribution in [3.8, 4) is 22.8 Å². The van der Waals surface area contributed by atoms with Gasteiger partial charge in [0.25, 0.3) is 11.8 Å². The van der Waals surface area contributed by atoms with Crippen molar-refractivity contribution in [3.63, 3.8) is 0 Å². The molecule has 7 atom stereocenters. The molecule has 0 spiro atoms. The Bertz CT molecular complexity index is 2650. The van der Waals surface area contributed by atoms with Crippen LogP contribution in [0.5, 0.6) is 11.5 Å². The highest BCUT2D eigenvalue weighted by molar-refractivity contribution is 6.23. The summed E-state index contributed by atoms with van der Waals surface area (Å²) in [5, 5.41) is 8.25. The Morgan fingerprint density at radius 1 is 0.672 bits per heavy atom. The van der Waals surface area contributed by atoms with E-state index in [4.69, 9.17) is 20.6 Å². The van der Waals surface area contributed by atoms with Gasteiger partial charge in [-0.1, -0.05) is 18.2 Å². The zero-order valence-electron chi connectivity index (χ0n) is 35.7. The number of aromatic nitrogens is 4. The van der Waals surface area contributed by atoms with Crippen molar-refractivity contribution in [2.24, 2.45) is 23.7 Å². The lowest BCUT2D eigenvalue weighted by Crippen LogP contribution is -2.54. The number of nitrogens with two attached hydrogens (primary N) is 1. The minimum atomic E-state index is -0.954. The van der Waals surface area contributed by atoms with E-state index >= 15 is 0 Å². The quantitative estimate of drug-likeness (QED) is 0.187. The largest absolute Gasteiger partial charge is 0.457 e. The molecule has 15 nitrogen and oxygen atoms in total. The third-order valence-corrected chi connectivity index (χ3v) is 15.8. The molecule has 0 radical (unpaired) electrons. The number of carbonyl (C=O) groups is 4. The average molecular weight is 861 g/mol. The number of anilines is 2. The van der Waals surface area contributed by atoms with E-state index in [0.717, 1.165) is 95.2 Å². The van der Waals surface area contributed by atoms with Gasteiger partial charge in [-0.25, -0.2) is 14.6 Å². The normalized spacial score (nSPS) is 28.6. The van der Waals surface area contributed by atoms with E-state index in [-0.39, 0.29) is 24.8 Å². The Labute approximate surface area is 370 Å². The lowest BCUT2D eigenvalue weighted by Gasteiger charge is -2.37. The summed E-state index contributed by atoms with van der Waals surface area (Å²) in [6.45, 7) is 6.42. The van der Waals surface area contributed by atoms with Gasteiger partial charge in [-0.05, 0) is 123 Å². The molecule has 12 rings (SSSR count). The Balaban J connectivity index is 0.638. The fourth-order valence-electron chi connectivity index (χ4n) is 12.6. The Hall–Kier alpha value is -6.19. The van der Waals surface area contributed by atoms with E-state index in [1.165, 1.54) is 38.8 Å². The summed E-state index contributed by atoms with van der Waals surface area (Å²) < 4.78 is 8.15. The van der Waals surface area contributed by atoms with Crippen LogP contribution in [-0.2, 0) is 9.59 Å². The number of piperidine rings is 2. The molecule has 2 saturated carbocycles. The second-order valence-corrected chi connectivity index (χ2v) is 19.3. The highest BCUT2D eigenvalue weighted by atomic mass is 16.5. The number of ether oxygens (including phenoxy) is 1. The number of imide groups is 2. The Kier molecular flexibility index (Phi) is 9.55. The van der Waals surface area contributed by atoms with Crippen LogP contribution in [0.3, 0.4) is 0 Å². The fourth-order valence-corrected chi connectivity index (χ4v) is 12.6. The molecule has 7 heterocycles. The van der Waals surface area contributed by atoms with Crippen LogP contribution in [0.4, 0.5) is 11.5 Å². The highest BCUT2D eigenvalue weighted by Gasteiger charge is 2.50. The number of nitrogens with zero attached hydrogens (tertiary/aromatic N) is 8. The molecule has 2 aromatic heterocycles. The van der Waals surface area contributed by atoms with Gasteiger partial charge < -0.3 is 20.3 Å². The van der Waals surface area contributed by atoms with Crippen LogP contribution in [0.25, 0.3) is 22.3 Å². The van der Waals surface area contributed by atoms with Crippen LogP contribution in [-0.4, -0.2) is 115 Å². The number of fused-ring (bicyclic) bond motifs is 4. The number of amides is 4. The predicted octanol–water partition coefficient (Wildman–Crippen LogP) is 5.53. The van der Waals surface area contributed by atoms with E-state index in [0.29, 0.717) is 40.9 Å². The Morgan fingerprint density at radius 3 is 2.03 bits per heavy atom. The summed E-state index contributed by atoms with van der Waals surface area (Å²) in [7, 11) is 0. The maximum absolute atomic E-state index is 13.5. The third-order valence-electron chi connectivity index (χ3n) is 15.8. The number of hydrogen-bond donors (Lipinski definition) is 2. The zero-order chi connectivity index (χ0) is 43.2. The number of hydrogen-bond acceptors (Lipinski definition) is 12. The number of rotatable bonds is 8. The van der Waals surface area contributed by atoms with E-state index in [1.54, 1.807) is 12.4 Å². The standard InChI is InChI=1S/C49H52N10O5/c50-45-43-44(28-6-9-38(10-7-28)64-37-4-2-1-3-5-37)54-59(46(43)52-27-51-45)33-14-16-55(17-15-33)35-18-29-25-57(26-30(29)19-35)36-20-31-23-56(24-32(31)21-36)34-8-11-39-40(22-34)49(63)58(48(39)62)41-12-13-42(60)53-47(41)61/h1-11,22,27,29-33,35-36,41H,12-21,23-26H2,(H2,50,51,52)(H,53,60,61)/t29-,30+,31-,32+,35?,36?,41?. The summed E-state index contributed by atoms with van der Waals surface area (Å²) >= 11 is 0. The van der Waals surface area contributed by atoms with E-state index < -0.39 is 23.8 Å². The molecule has 3 aromatic carbocycles. The van der Waals surface area contributed by atoms with Gasteiger partial charge in [0.05, 0.1) is 22.6 Å². The molecule has 15 heteroatoms. The van der Waals surface area contributed by atoms with Crippen LogP contribution in [0.1, 0.15) is 78.1 Å². The molecular weight excluding hydrogens is 809 g/mol. The summed E-state index contributed by atoms with van der Waals surface area (Å²) in [4.78, 5) is 69.0. The van der Waals surface area contributed by atoms with Crippen molar-refractivity contribution in [1.29, 1.82) is 0 Å². The van der Waals surface area contributed by atoms with Crippen molar-refractivity contribution in [2.75, 3.05) is 49.9 Å². The summed E-state index contributed by atoms with van der Waals surface area (Å²) in [6, 6.07) is 23.8. The van der Waals surface area contributed by atoms with E-state index in [2.05, 4.69) is 29.7 Å². The molecule has 64 heavy (non-hydrogen) atoms.